The first-order valence-electron chi connectivity index (χ1n) is 7.43. The fourth-order valence-corrected chi connectivity index (χ4v) is 6.06. The number of hydrogen-bond acceptors (Lipinski definition) is 3. The summed E-state index contributed by atoms with van der Waals surface area (Å²) in [6, 6.07) is 0. The second-order valence-electron chi connectivity index (χ2n) is 7.30. The number of rotatable bonds is 4. The van der Waals surface area contributed by atoms with Crippen LogP contribution >= 0.6 is 0 Å². The van der Waals surface area contributed by atoms with E-state index in [1.54, 1.807) is 0 Å². The first kappa shape index (κ1) is 14.4. The number of hydrogen-bond donors (Lipinski definition) is 3. The molecule has 2 unspecified atom stereocenters. The molecule has 2 atom stereocenters. The van der Waals surface area contributed by atoms with Gasteiger partial charge in [0.1, 0.15) is 0 Å². The third-order valence-electron chi connectivity index (χ3n) is 6.34. The highest BCUT2D eigenvalue weighted by atomic mass is 16.4. The number of carboxylic acids is 3. The Morgan fingerprint density at radius 2 is 1.38 bits per heavy atom. The molecule has 4 aliphatic carbocycles. The summed E-state index contributed by atoms with van der Waals surface area (Å²) in [6.07, 6.45) is 1.88. The highest BCUT2D eigenvalue weighted by Crippen LogP contribution is 2.73. The first-order chi connectivity index (χ1) is 9.72. The average Bonchev–Trinajstić information content (AvgIpc) is 2.37. The lowest BCUT2D eigenvalue weighted by Gasteiger charge is -2.66. The average molecular weight is 296 g/mol. The summed E-state index contributed by atoms with van der Waals surface area (Å²) in [5.74, 6) is -3.66. The maximum atomic E-state index is 12.0. The molecule has 116 valence electrons. The molecule has 6 heteroatoms. The zero-order valence-electron chi connectivity index (χ0n) is 12.0. The van der Waals surface area contributed by atoms with E-state index >= 15 is 0 Å². The van der Waals surface area contributed by atoms with Crippen molar-refractivity contribution in [3.8, 4) is 0 Å². The number of aliphatic carboxylic acids is 3. The quantitative estimate of drug-likeness (QED) is 0.729. The minimum Gasteiger partial charge on any atom is -0.481 e. The molecule has 0 heterocycles. The molecule has 0 aromatic rings. The molecule has 4 fully saturated rings. The molecule has 0 radical (unpaired) electrons. The van der Waals surface area contributed by atoms with E-state index in [9.17, 15) is 29.7 Å². The van der Waals surface area contributed by atoms with Crippen LogP contribution in [0.5, 0.6) is 0 Å². The van der Waals surface area contributed by atoms with Crippen molar-refractivity contribution in [3.63, 3.8) is 0 Å². The van der Waals surface area contributed by atoms with Gasteiger partial charge < -0.3 is 15.3 Å². The molecule has 4 rings (SSSR count). The molecule has 21 heavy (non-hydrogen) atoms. The second kappa shape index (κ2) is 3.99. The van der Waals surface area contributed by atoms with Crippen LogP contribution < -0.4 is 0 Å². The van der Waals surface area contributed by atoms with Gasteiger partial charge in [0.15, 0.2) is 0 Å². The van der Waals surface area contributed by atoms with Crippen molar-refractivity contribution >= 4 is 17.9 Å². The summed E-state index contributed by atoms with van der Waals surface area (Å²) in [4.78, 5) is 35.7. The first-order valence-corrected chi connectivity index (χ1v) is 7.43. The van der Waals surface area contributed by atoms with Gasteiger partial charge in [-0.3, -0.25) is 14.4 Å². The molecule has 4 saturated carbocycles. The molecule has 0 aromatic carbocycles. The predicted molar refractivity (Wildman–Crippen MR) is 70.6 cm³/mol. The SMILES string of the molecule is CCC1C2(C(=O)O)CC3CC(C(=O)O)(C2)CC1(C(=O)O)C3. The van der Waals surface area contributed by atoms with E-state index in [4.69, 9.17) is 0 Å². The molecule has 4 bridgehead atoms. The molecular formula is C15H20O6. The van der Waals surface area contributed by atoms with Crippen LogP contribution in [0.25, 0.3) is 0 Å². The van der Waals surface area contributed by atoms with Crippen LogP contribution in [-0.2, 0) is 14.4 Å². The van der Waals surface area contributed by atoms with Crippen molar-refractivity contribution in [2.24, 2.45) is 28.1 Å². The van der Waals surface area contributed by atoms with E-state index < -0.39 is 40.1 Å². The summed E-state index contributed by atoms with van der Waals surface area (Å²) in [6.45, 7) is 1.82. The van der Waals surface area contributed by atoms with Crippen molar-refractivity contribution in [2.45, 2.75) is 45.4 Å². The van der Waals surface area contributed by atoms with Gasteiger partial charge in [-0.15, -0.1) is 0 Å². The lowest BCUT2D eigenvalue weighted by atomic mass is 9.35. The van der Waals surface area contributed by atoms with Gasteiger partial charge in [-0.05, 0) is 43.9 Å². The zero-order chi connectivity index (χ0) is 15.6. The molecule has 0 aliphatic heterocycles. The third-order valence-corrected chi connectivity index (χ3v) is 6.34. The Kier molecular flexibility index (Phi) is 2.72. The van der Waals surface area contributed by atoms with E-state index in [0.29, 0.717) is 25.7 Å². The topological polar surface area (TPSA) is 112 Å². The molecular weight excluding hydrogens is 276 g/mol. The fraction of sp³-hybridized carbons (Fsp3) is 0.800. The Hall–Kier alpha value is -1.59. The maximum absolute atomic E-state index is 12.0. The van der Waals surface area contributed by atoms with Gasteiger partial charge >= 0.3 is 17.9 Å². The van der Waals surface area contributed by atoms with Crippen LogP contribution in [0.15, 0.2) is 0 Å². The van der Waals surface area contributed by atoms with Crippen molar-refractivity contribution in [3.05, 3.63) is 0 Å². The molecule has 0 amide bonds. The molecule has 0 aromatic heterocycles. The maximum Gasteiger partial charge on any atom is 0.309 e. The highest BCUT2D eigenvalue weighted by molar-refractivity contribution is 5.86. The predicted octanol–water partition coefficient (Wildman–Crippen LogP) is 1.83. The summed E-state index contributed by atoms with van der Waals surface area (Å²) in [5.41, 5.74) is -3.56. The monoisotopic (exact) mass is 296 g/mol. The van der Waals surface area contributed by atoms with Crippen LogP contribution in [0.1, 0.15) is 45.4 Å². The van der Waals surface area contributed by atoms with Gasteiger partial charge in [0, 0.05) is 0 Å². The van der Waals surface area contributed by atoms with Crippen LogP contribution in [-0.4, -0.2) is 33.2 Å². The third kappa shape index (κ3) is 1.50. The zero-order valence-corrected chi connectivity index (χ0v) is 12.0. The van der Waals surface area contributed by atoms with E-state index in [-0.39, 0.29) is 18.8 Å². The summed E-state index contributed by atoms with van der Waals surface area (Å²) in [5, 5.41) is 29.2. The van der Waals surface area contributed by atoms with Crippen molar-refractivity contribution in [2.75, 3.05) is 0 Å². The lowest BCUT2D eigenvalue weighted by molar-refractivity contribution is -0.230. The number of carbonyl (C=O) groups is 3. The van der Waals surface area contributed by atoms with Gasteiger partial charge in [-0.1, -0.05) is 13.3 Å². The van der Waals surface area contributed by atoms with Gasteiger partial charge in [-0.2, -0.15) is 0 Å². The largest absolute Gasteiger partial charge is 0.481 e. The molecule has 0 spiro atoms. The summed E-state index contributed by atoms with van der Waals surface area (Å²) < 4.78 is 0. The van der Waals surface area contributed by atoms with Crippen LogP contribution in [0.4, 0.5) is 0 Å². The Balaban J connectivity index is 2.22. The van der Waals surface area contributed by atoms with Gasteiger partial charge in [-0.25, -0.2) is 0 Å². The fourth-order valence-electron chi connectivity index (χ4n) is 6.06. The second-order valence-corrected chi connectivity index (χ2v) is 7.30. The van der Waals surface area contributed by atoms with Crippen LogP contribution in [0.3, 0.4) is 0 Å². The van der Waals surface area contributed by atoms with E-state index in [1.807, 2.05) is 6.92 Å². The molecule has 6 nitrogen and oxygen atoms in total. The molecule has 0 saturated heterocycles. The van der Waals surface area contributed by atoms with Crippen molar-refractivity contribution in [1.82, 2.24) is 0 Å². The van der Waals surface area contributed by atoms with Gasteiger partial charge in [0.05, 0.1) is 16.2 Å². The lowest BCUT2D eigenvalue weighted by Crippen LogP contribution is -2.68. The Morgan fingerprint density at radius 1 is 0.905 bits per heavy atom. The Labute approximate surface area is 122 Å². The van der Waals surface area contributed by atoms with E-state index in [2.05, 4.69) is 0 Å². The molecule has 4 aliphatic rings. The Morgan fingerprint density at radius 3 is 1.71 bits per heavy atom. The van der Waals surface area contributed by atoms with Gasteiger partial charge in [0.2, 0.25) is 0 Å². The molecule has 3 N–H and O–H groups in total. The summed E-state index contributed by atoms with van der Waals surface area (Å²) in [7, 11) is 0. The highest BCUT2D eigenvalue weighted by Gasteiger charge is 2.74. The van der Waals surface area contributed by atoms with E-state index in [1.165, 1.54) is 0 Å². The summed E-state index contributed by atoms with van der Waals surface area (Å²) >= 11 is 0. The van der Waals surface area contributed by atoms with Gasteiger partial charge in [0.25, 0.3) is 0 Å². The van der Waals surface area contributed by atoms with Crippen molar-refractivity contribution < 1.29 is 29.7 Å². The van der Waals surface area contributed by atoms with E-state index in [0.717, 1.165) is 0 Å². The smallest absolute Gasteiger partial charge is 0.309 e. The standard InChI is InChI=1S/C15H20O6/c1-2-9-14(11(18)19)4-8-3-13(6-14,10(16)17)7-15(9,5-8)12(20)21/h8-9H,2-7H2,1H3,(H,16,17)(H,18,19)(H,20,21). The van der Waals surface area contributed by atoms with Crippen molar-refractivity contribution in [1.29, 1.82) is 0 Å². The number of carboxylic acid groups (broad SMARTS) is 3. The Bertz CT molecular complexity index is 506. The van der Waals surface area contributed by atoms with Crippen LogP contribution in [0.2, 0.25) is 0 Å². The minimum atomic E-state index is -1.19. The normalized spacial score (nSPS) is 47.3. The van der Waals surface area contributed by atoms with Crippen LogP contribution in [0, 0.1) is 28.1 Å². The minimum absolute atomic E-state index is 0.0781.